The Morgan fingerprint density at radius 3 is 2.28 bits per heavy atom. The van der Waals surface area contributed by atoms with Crippen molar-refractivity contribution in [2.75, 3.05) is 24.1 Å². The van der Waals surface area contributed by atoms with E-state index >= 15 is 0 Å². The average molecular weight is 653 g/mol. The average Bonchev–Trinajstić information content (AvgIpc) is 3.00. The predicted octanol–water partition coefficient (Wildman–Crippen LogP) is 5.43. The van der Waals surface area contributed by atoms with E-state index in [1.807, 2.05) is 13.8 Å². The van der Waals surface area contributed by atoms with Gasteiger partial charge in [-0.3, -0.25) is 13.9 Å². The smallest absolute Gasteiger partial charge is 0.264 e. The van der Waals surface area contributed by atoms with Crippen molar-refractivity contribution in [2.45, 2.75) is 50.7 Å². The molecule has 0 saturated heterocycles. The summed E-state index contributed by atoms with van der Waals surface area (Å²) in [5.74, 6) is -1.03. The van der Waals surface area contributed by atoms with Crippen molar-refractivity contribution < 1.29 is 31.9 Å². The van der Waals surface area contributed by atoms with E-state index in [2.05, 4.69) is 5.32 Å². The number of nitrogens with one attached hydrogen (secondary N) is 1. The number of fused-ring (bicyclic) bond motifs is 1. The maximum atomic E-state index is 14.0. The van der Waals surface area contributed by atoms with Crippen LogP contribution in [0, 0.1) is 5.82 Å². The molecular weight excluding hydrogens is 620 g/mol. The Balaban J connectivity index is 1.72. The Bertz CT molecular complexity index is 1590. The van der Waals surface area contributed by atoms with Crippen LogP contribution in [0.2, 0.25) is 10.0 Å². The second-order valence-electron chi connectivity index (χ2n) is 10.1. The van der Waals surface area contributed by atoms with E-state index in [1.54, 1.807) is 25.1 Å². The summed E-state index contributed by atoms with van der Waals surface area (Å²) in [5.41, 5.74) is 0.629. The molecule has 0 aromatic heterocycles. The summed E-state index contributed by atoms with van der Waals surface area (Å²) < 4.78 is 53.9. The van der Waals surface area contributed by atoms with E-state index in [0.29, 0.717) is 29.4 Å². The Kier molecular flexibility index (Phi) is 10.4. The lowest BCUT2D eigenvalue weighted by atomic mass is 10.1. The predicted molar refractivity (Wildman–Crippen MR) is 163 cm³/mol. The first-order valence-corrected chi connectivity index (χ1v) is 15.8. The molecule has 2 amide bonds. The van der Waals surface area contributed by atoms with Crippen molar-refractivity contribution in [3.63, 3.8) is 0 Å². The van der Waals surface area contributed by atoms with Crippen LogP contribution in [0.15, 0.2) is 65.6 Å². The van der Waals surface area contributed by atoms with Gasteiger partial charge in [0.05, 0.1) is 20.6 Å². The summed E-state index contributed by atoms with van der Waals surface area (Å²) in [6, 6.07) is 12.5. The largest absolute Gasteiger partial charge is 0.486 e. The van der Waals surface area contributed by atoms with Gasteiger partial charge in [0.25, 0.3) is 10.0 Å². The number of hydrogen-bond acceptors (Lipinski definition) is 6. The summed E-state index contributed by atoms with van der Waals surface area (Å²) >= 11 is 12.3. The fourth-order valence-corrected chi connectivity index (χ4v) is 6.08. The number of ether oxygens (including phenoxy) is 2. The first-order valence-electron chi connectivity index (χ1n) is 13.6. The highest BCUT2D eigenvalue weighted by Crippen LogP contribution is 2.34. The molecule has 1 aliphatic rings. The number of hydrogen-bond donors (Lipinski definition) is 1. The minimum absolute atomic E-state index is 0.0517. The zero-order valence-corrected chi connectivity index (χ0v) is 26.2. The molecule has 0 radical (unpaired) electrons. The summed E-state index contributed by atoms with van der Waals surface area (Å²) in [7, 11) is -4.39. The molecule has 0 saturated carbocycles. The van der Waals surface area contributed by atoms with Crippen LogP contribution >= 0.6 is 23.2 Å². The van der Waals surface area contributed by atoms with Crippen molar-refractivity contribution in [3.8, 4) is 11.5 Å². The van der Waals surface area contributed by atoms with Crippen LogP contribution in [-0.2, 0) is 26.2 Å². The number of nitrogens with zero attached hydrogens (tertiary/aromatic N) is 2. The van der Waals surface area contributed by atoms with E-state index in [9.17, 15) is 22.4 Å². The number of carbonyl (C=O) groups is 2. The summed E-state index contributed by atoms with van der Waals surface area (Å²) in [5, 5.41) is 3.45. The number of benzene rings is 3. The van der Waals surface area contributed by atoms with Crippen LogP contribution in [0.4, 0.5) is 10.1 Å². The third-order valence-corrected chi connectivity index (χ3v) is 9.51. The quantitative estimate of drug-likeness (QED) is 0.296. The lowest BCUT2D eigenvalue weighted by Crippen LogP contribution is -2.52. The molecule has 1 aliphatic heterocycles. The molecule has 0 aliphatic carbocycles. The minimum atomic E-state index is -4.39. The van der Waals surface area contributed by atoms with Crippen molar-refractivity contribution in [3.05, 3.63) is 82.1 Å². The molecule has 0 fully saturated rings. The van der Waals surface area contributed by atoms with E-state index in [1.165, 1.54) is 35.2 Å². The molecule has 43 heavy (non-hydrogen) atoms. The molecule has 3 aromatic carbocycles. The number of amides is 2. The van der Waals surface area contributed by atoms with Gasteiger partial charge in [0.1, 0.15) is 31.6 Å². The SMILES string of the molecule is CC[C@H](C)NC(=O)[C@@H](C)N(Cc1ccc(Cl)c(Cl)c1)C(=O)CN(c1ccc(F)cc1)S(=O)(=O)c1ccc2c(c1)OCCO2. The zero-order chi connectivity index (χ0) is 31.3. The summed E-state index contributed by atoms with van der Waals surface area (Å²) in [6.07, 6.45) is 0.672. The molecule has 0 bridgehead atoms. The Labute approximate surface area is 260 Å². The molecule has 1 heterocycles. The van der Waals surface area contributed by atoms with Crippen molar-refractivity contribution >= 4 is 50.7 Å². The minimum Gasteiger partial charge on any atom is -0.486 e. The van der Waals surface area contributed by atoms with Crippen LogP contribution in [-0.4, -0.2) is 57.0 Å². The molecule has 13 heteroatoms. The second kappa shape index (κ2) is 13.8. The highest BCUT2D eigenvalue weighted by molar-refractivity contribution is 7.92. The van der Waals surface area contributed by atoms with Crippen molar-refractivity contribution in [1.82, 2.24) is 10.2 Å². The van der Waals surface area contributed by atoms with Crippen molar-refractivity contribution in [2.24, 2.45) is 0 Å². The molecule has 0 unspecified atom stereocenters. The first-order chi connectivity index (χ1) is 20.4. The summed E-state index contributed by atoms with van der Waals surface area (Å²) in [6.45, 7) is 5.13. The number of anilines is 1. The number of sulfonamides is 1. The standard InChI is InChI=1S/C30H32Cl2FN3O6S/c1-4-19(2)34-30(38)20(3)35(17-21-5-11-25(31)26(32)15-21)29(37)18-36(23-8-6-22(33)7-9-23)43(39,40)24-10-12-27-28(16-24)42-14-13-41-27/h5-12,15-16,19-20H,4,13-14,17-18H2,1-3H3,(H,34,38)/t19-,20+/m0/s1. The van der Waals surface area contributed by atoms with Gasteiger partial charge in [-0.25, -0.2) is 12.8 Å². The molecule has 3 aromatic rings. The highest BCUT2D eigenvalue weighted by Gasteiger charge is 2.33. The van der Waals surface area contributed by atoms with Crippen molar-refractivity contribution in [1.29, 1.82) is 0 Å². The van der Waals surface area contributed by atoms with Crippen LogP contribution in [0.1, 0.15) is 32.8 Å². The molecule has 4 rings (SSSR count). The Morgan fingerprint density at radius 2 is 1.63 bits per heavy atom. The number of carbonyl (C=O) groups excluding carboxylic acids is 2. The van der Waals surface area contributed by atoms with Gasteiger partial charge in [0.2, 0.25) is 11.8 Å². The molecule has 9 nitrogen and oxygen atoms in total. The van der Waals surface area contributed by atoms with Gasteiger partial charge in [-0.15, -0.1) is 0 Å². The maximum Gasteiger partial charge on any atom is 0.264 e. The lowest BCUT2D eigenvalue weighted by molar-refractivity contribution is -0.139. The van der Waals surface area contributed by atoms with Gasteiger partial charge in [-0.1, -0.05) is 36.2 Å². The molecule has 230 valence electrons. The maximum absolute atomic E-state index is 14.0. The van der Waals surface area contributed by atoms with Gasteiger partial charge in [-0.2, -0.15) is 0 Å². The third-order valence-electron chi connectivity index (χ3n) is 7.00. The highest BCUT2D eigenvalue weighted by atomic mass is 35.5. The van der Waals surface area contributed by atoms with Gasteiger partial charge < -0.3 is 19.7 Å². The summed E-state index contributed by atoms with van der Waals surface area (Å²) in [4.78, 5) is 28.3. The van der Waals surface area contributed by atoms with Crippen LogP contribution in [0.3, 0.4) is 0 Å². The Morgan fingerprint density at radius 1 is 0.953 bits per heavy atom. The number of rotatable bonds is 11. The molecule has 2 atom stereocenters. The third kappa shape index (κ3) is 7.70. The zero-order valence-electron chi connectivity index (χ0n) is 23.8. The van der Waals surface area contributed by atoms with E-state index in [0.717, 1.165) is 16.4 Å². The fraction of sp³-hybridized carbons (Fsp3) is 0.333. The van der Waals surface area contributed by atoms with Crippen LogP contribution < -0.4 is 19.1 Å². The van der Waals surface area contributed by atoms with E-state index in [4.69, 9.17) is 32.7 Å². The molecule has 1 N–H and O–H groups in total. The van der Waals surface area contributed by atoms with Crippen LogP contribution in [0.25, 0.3) is 0 Å². The van der Waals surface area contributed by atoms with Crippen LogP contribution in [0.5, 0.6) is 11.5 Å². The second-order valence-corrected chi connectivity index (χ2v) is 12.7. The Hall–Kier alpha value is -3.54. The fourth-order valence-electron chi connectivity index (χ4n) is 4.33. The van der Waals surface area contributed by atoms with Gasteiger partial charge in [-0.05, 0) is 74.4 Å². The monoisotopic (exact) mass is 651 g/mol. The molecule has 0 spiro atoms. The topological polar surface area (TPSA) is 105 Å². The lowest BCUT2D eigenvalue weighted by Gasteiger charge is -2.32. The molecular formula is C30H32Cl2FN3O6S. The van der Waals surface area contributed by atoms with E-state index in [-0.39, 0.29) is 40.5 Å². The first kappa shape index (κ1) is 32.4. The number of halogens is 3. The van der Waals surface area contributed by atoms with Gasteiger partial charge in [0, 0.05) is 18.7 Å². The van der Waals surface area contributed by atoms with Gasteiger partial charge in [0.15, 0.2) is 11.5 Å². The van der Waals surface area contributed by atoms with E-state index < -0.39 is 40.2 Å². The normalized spacial score (nSPS) is 14.0. The van der Waals surface area contributed by atoms with Gasteiger partial charge >= 0.3 is 0 Å².